The molecule has 1 heterocycles. The topological polar surface area (TPSA) is 69.6 Å². The molecule has 5 heteroatoms. The molecule has 1 aliphatic heterocycles. The summed E-state index contributed by atoms with van der Waals surface area (Å²) in [6, 6.07) is 0.419. The van der Waals surface area contributed by atoms with Crippen molar-refractivity contribution in [3.8, 4) is 0 Å². The van der Waals surface area contributed by atoms with Crippen LogP contribution in [0.3, 0.4) is 0 Å². The summed E-state index contributed by atoms with van der Waals surface area (Å²) in [6.07, 6.45) is 4.74. The van der Waals surface area contributed by atoms with Crippen molar-refractivity contribution in [3.63, 3.8) is 0 Å². The Balaban J connectivity index is 1.77. The molecule has 0 radical (unpaired) electrons. The minimum atomic E-state index is -0.726. The average molecular weight is 282 g/mol. The van der Waals surface area contributed by atoms with Gasteiger partial charge in [0.1, 0.15) is 0 Å². The smallest absolute Gasteiger partial charge is 0.309 e. The predicted octanol–water partition coefficient (Wildman–Crippen LogP) is 1.48. The van der Waals surface area contributed by atoms with E-state index in [0.717, 1.165) is 45.3 Å². The first-order valence-electron chi connectivity index (χ1n) is 7.64. The zero-order valence-corrected chi connectivity index (χ0v) is 12.5. The molecule has 1 aliphatic carbocycles. The number of nitrogens with one attached hydrogen (secondary N) is 1. The fourth-order valence-corrected chi connectivity index (χ4v) is 2.81. The molecule has 0 bridgehead atoms. The van der Waals surface area contributed by atoms with Crippen molar-refractivity contribution in [2.24, 2.45) is 11.3 Å². The lowest BCUT2D eigenvalue weighted by atomic mass is 9.74. The third-order valence-electron chi connectivity index (χ3n) is 4.67. The van der Waals surface area contributed by atoms with Crippen LogP contribution in [-0.2, 0) is 9.59 Å². The van der Waals surface area contributed by atoms with E-state index < -0.39 is 11.4 Å². The van der Waals surface area contributed by atoms with Crippen molar-refractivity contribution in [1.29, 1.82) is 0 Å². The number of carboxylic acids is 1. The fourth-order valence-electron chi connectivity index (χ4n) is 2.81. The molecule has 2 aliphatic rings. The highest BCUT2D eigenvalue weighted by Crippen LogP contribution is 2.34. The van der Waals surface area contributed by atoms with E-state index in [1.807, 2.05) is 13.8 Å². The van der Waals surface area contributed by atoms with Crippen molar-refractivity contribution in [3.05, 3.63) is 0 Å². The lowest BCUT2D eigenvalue weighted by molar-refractivity contribution is -0.151. The third-order valence-corrected chi connectivity index (χ3v) is 4.67. The number of carbonyl (C=O) groups is 2. The van der Waals surface area contributed by atoms with Crippen LogP contribution in [0.15, 0.2) is 0 Å². The highest BCUT2D eigenvalue weighted by Gasteiger charge is 2.39. The van der Waals surface area contributed by atoms with Gasteiger partial charge in [0.05, 0.1) is 5.41 Å². The molecule has 2 rings (SSSR count). The summed E-state index contributed by atoms with van der Waals surface area (Å²) in [5.41, 5.74) is -0.686. The van der Waals surface area contributed by atoms with Gasteiger partial charge in [-0.1, -0.05) is 0 Å². The monoisotopic (exact) mass is 282 g/mol. The molecule has 1 saturated heterocycles. The maximum absolute atomic E-state index is 11.7. The van der Waals surface area contributed by atoms with E-state index in [1.54, 1.807) is 0 Å². The molecule has 1 saturated carbocycles. The summed E-state index contributed by atoms with van der Waals surface area (Å²) in [4.78, 5) is 25.3. The Morgan fingerprint density at radius 3 is 2.60 bits per heavy atom. The van der Waals surface area contributed by atoms with Crippen molar-refractivity contribution in [1.82, 2.24) is 10.2 Å². The fraction of sp³-hybridized carbons (Fsp3) is 0.867. The van der Waals surface area contributed by atoms with Gasteiger partial charge in [-0.15, -0.1) is 0 Å². The number of piperidine rings is 1. The minimum absolute atomic E-state index is 0.132. The van der Waals surface area contributed by atoms with Crippen LogP contribution in [0.4, 0.5) is 0 Å². The lowest BCUT2D eigenvalue weighted by Crippen LogP contribution is -2.45. The van der Waals surface area contributed by atoms with Gasteiger partial charge in [0, 0.05) is 25.6 Å². The van der Waals surface area contributed by atoms with E-state index in [9.17, 15) is 14.7 Å². The standard InChI is InChI=1S/C15H26N2O3/c1-15(2,14(19)20)11-4-3-8-17(10-11)9-7-13(18)16-12-5-6-12/h11-12H,3-10H2,1-2H3,(H,16,18)(H,19,20). The molecule has 2 fully saturated rings. The van der Waals surface area contributed by atoms with Crippen LogP contribution in [0, 0.1) is 11.3 Å². The van der Waals surface area contributed by atoms with Gasteiger partial charge in [-0.3, -0.25) is 9.59 Å². The highest BCUT2D eigenvalue weighted by atomic mass is 16.4. The van der Waals surface area contributed by atoms with Gasteiger partial charge in [-0.05, 0) is 52.0 Å². The SMILES string of the molecule is CC(C)(C(=O)O)C1CCCN(CCC(=O)NC2CC2)C1. The van der Waals surface area contributed by atoms with Crippen LogP contribution >= 0.6 is 0 Å². The maximum atomic E-state index is 11.7. The second-order valence-electron chi connectivity index (χ2n) is 6.76. The van der Waals surface area contributed by atoms with Crippen molar-refractivity contribution >= 4 is 11.9 Å². The number of nitrogens with zero attached hydrogens (tertiary/aromatic N) is 1. The quantitative estimate of drug-likeness (QED) is 0.774. The van der Waals surface area contributed by atoms with Crippen molar-refractivity contribution in [2.75, 3.05) is 19.6 Å². The number of carboxylic acid groups (broad SMARTS) is 1. The van der Waals surface area contributed by atoms with E-state index in [4.69, 9.17) is 0 Å². The Kier molecular flexibility index (Phi) is 4.68. The molecule has 0 aromatic rings. The van der Waals surface area contributed by atoms with Gasteiger partial charge in [-0.2, -0.15) is 0 Å². The number of amides is 1. The van der Waals surface area contributed by atoms with E-state index in [2.05, 4.69) is 10.2 Å². The minimum Gasteiger partial charge on any atom is -0.481 e. The molecule has 1 amide bonds. The Hall–Kier alpha value is -1.10. The Labute approximate surface area is 120 Å². The number of carbonyl (C=O) groups excluding carboxylic acids is 1. The first-order chi connectivity index (χ1) is 9.39. The van der Waals surface area contributed by atoms with Gasteiger partial charge in [-0.25, -0.2) is 0 Å². The first-order valence-corrected chi connectivity index (χ1v) is 7.64. The van der Waals surface area contributed by atoms with Crippen LogP contribution in [-0.4, -0.2) is 47.6 Å². The van der Waals surface area contributed by atoms with Gasteiger partial charge in [0.2, 0.25) is 5.91 Å². The zero-order valence-electron chi connectivity index (χ0n) is 12.5. The van der Waals surface area contributed by atoms with Crippen LogP contribution in [0.1, 0.15) is 46.0 Å². The van der Waals surface area contributed by atoms with Crippen LogP contribution in [0.2, 0.25) is 0 Å². The van der Waals surface area contributed by atoms with Crippen LogP contribution < -0.4 is 5.32 Å². The van der Waals surface area contributed by atoms with E-state index in [-0.39, 0.29) is 11.8 Å². The molecule has 0 spiro atoms. The molecular weight excluding hydrogens is 256 g/mol. The van der Waals surface area contributed by atoms with Crippen LogP contribution in [0.5, 0.6) is 0 Å². The molecule has 1 unspecified atom stereocenters. The Bertz CT molecular complexity index is 377. The number of rotatable bonds is 6. The summed E-state index contributed by atoms with van der Waals surface area (Å²) in [6.45, 7) is 6.12. The van der Waals surface area contributed by atoms with Gasteiger partial charge in [0.25, 0.3) is 0 Å². The Morgan fingerprint density at radius 1 is 1.30 bits per heavy atom. The van der Waals surface area contributed by atoms with Gasteiger partial charge in [0.15, 0.2) is 0 Å². The summed E-state index contributed by atoms with van der Waals surface area (Å²) >= 11 is 0. The third kappa shape index (κ3) is 3.95. The summed E-state index contributed by atoms with van der Waals surface area (Å²) in [7, 11) is 0. The zero-order chi connectivity index (χ0) is 14.8. The van der Waals surface area contributed by atoms with E-state index in [1.165, 1.54) is 0 Å². The lowest BCUT2D eigenvalue weighted by Gasteiger charge is -2.39. The molecule has 114 valence electrons. The molecule has 0 aromatic heterocycles. The molecular formula is C15H26N2O3. The Morgan fingerprint density at radius 2 is 2.00 bits per heavy atom. The first kappa shape index (κ1) is 15.3. The highest BCUT2D eigenvalue weighted by molar-refractivity contribution is 5.76. The summed E-state index contributed by atoms with van der Waals surface area (Å²) in [5.74, 6) is -0.428. The number of hydrogen-bond donors (Lipinski definition) is 2. The maximum Gasteiger partial charge on any atom is 0.309 e. The summed E-state index contributed by atoms with van der Waals surface area (Å²) < 4.78 is 0. The molecule has 0 aromatic carbocycles. The molecule has 1 atom stereocenters. The number of aliphatic carboxylic acids is 1. The average Bonchev–Trinajstić information content (AvgIpc) is 3.20. The predicted molar refractivity (Wildman–Crippen MR) is 76.4 cm³/mol. The number of hydrogen-bond acceptors (Lipinski definition) is 3. The van der Waals surface area contributed by atoms with E-state index >= 15 is 0 Å². The van der Waals surface area contributed by atoms with Crippen molar-refractivity contribution in [2.45, 2.75) is 52.0 Å². The summed E-state index contributed by atoms with van der Waals surface area (Å²) in [5, 5.41) is 12.3. The second kappa shape index (κ2) is 6.12. The van der Waals surface area contributed by atoms with Gasteiger partial charge < -0.3 is 15.3 Å². The largest absolute Gasteiger partial charge is 0.481 e. The molecule has 2 N–H and O–H groups in total. The number of likely N-dealkylation sites (tertiary alicyclic amines) is 1. The van der Waals surface area contributed by atoms with Gasteiger partial charge >= 0.3 is 5.97 Å². The molecule has 5 nitrogen and oxygen atoms in total. The normalized spacial score (nSPS) is 24.4. The molecule has 20 heavy (non-hydrogen) atoms. The second-order valence-corrected chi connectivity index (χ2v) is 6.76. The van der Waals surface area contributed by atoms with Crippen molar-refractivity contribution < 1.29 is 14.7 Å². The van der Waals surface area contributed by atoms with E-state index in [0.29, 0.717) is 12.5 Å². The van der Waals surface area contributed by atoms with Crippen LogP contribution in [0.25, 0.3) is 0 Å².